The van der Waals surface area contributed by atoms with Crippen molar-refractivity contribution < 1.29 is 13.2 Å². The SMILES string of the molecule is CCS(=O)(=O)c1ccc(NC(=O)c2c(C)nn(Cc3ccc(C)cc3)c2Cl)cc1. The van der Waals surface area contributed by atoms with Gasteiger partial charge in [0.2, 0.25) is 0 Å². The Balaban J connectivity index is 1.79. The average molecular weight is 432 g/mol. The number of sulfone groups is 1. The number of anilines is 1. The molecule has 0 unspecified atom stereocenters. The summed E-state index contributed by atoms with van der Waals surface area (Å²) in [4.78, 5) is 13.0. The Hall–Kier alpha value is -2.64. The van der Waals surface area contributed by atoms with Crippen molar-refractivity contribution >= 4 is 33.0 Å². The van der Waals surface area contributed by atoms with Crippen LogP contribution < -0.4 is 5.32 Å². The van der Waals surface area contributed by atoms with E-state index in [-0.39, 0.29) is 15.8 Å². The van der Waals surface area contributed by atoms with Gasteiger partial charge in [0, 0.05) is 5.69 Å². The van der Waals surface area contributed by atoms with Crippen molar-refractivity contribution in [2.75, 3.05) is 11.1 Å². The molecule has 0 saturated heterocycles. The first-order valence-electron chi connectivity index (χ1n) is 9.14. The summed E-state index contributed by atoms with van der Waals surface area (Å²) in [6, 6.07) is 14.1. The van der Waals surface area contributed by atoms with Crippen LogP contribution in [0, 0.1) is 13.8 Å². The molecule has 3 rings (SSSR count). The van der Waals surface area contributed by atoms with Crippen molar-refractivity contribution in [2.45, 2.75) is 32.2 Å². The Labute approximate surface area is 175 Å². The van der Waals surface area contributed by atoms with Crippen molar-refractivity contribution in [1.82, 2.24) is 9.78 Å². The van der Waals surface area contributed by atoms with E-state index in [2.05, 4.69) is 10.4 Å². The molecule has 1 amide bonds. The molecule has 0 aliphatic carbocycles. The van der Waals surface area contributed by atoms with E-state index in [1.165, 1.54) is 12.1 Å². The van der Waals surface area contributed by atoms with Crippen LogP contribution >= 0.6 is 11.6 Å². The van der Waals surface area contributed by atoms with Crippen molar-refractivity contribution in [3.63, 3.8) is 0 Å². The van der Waals surface area contributed by atoms with Crippen LogP contribution in [0.5, 0.6) is 0 Å². The number of hydrogen-bond acceptors (Lipinski definition) is 4. The second-order valence-electron chi connectivity index (χ2n) is 6.78. The van der Waals surface area contributed by atoms with Crippen LogP contribution in [0.3, 0.4) is 0 Å². The zero-order chi connectivity index (χ0) is 21.2. The Morgan fingerprint density at radius 3 is 2.28 bits per heavy atom. The van der Waals surface area contributed by atoms with E-state index in [0.717, 1.165) is 11.1 Å². The maximum Gasteiger partial charge on any atom is 0.260 e. The number of hydrogen-bond donors (Lipinski definition) is 1. The van der Waals surface area contributed by atoms with Crippen LogP contribution in [0.2, 0.25) is 5.15 Å². The molecule has 0 bridgehead atoms. The summed E-state index contributed by atoms with van der Waals surface area (Å²) in [7, 11) is -3.29. The second kappa shape index (κ2) is 8.39. The normalized spacial score (nSPS) is 11.4. The van der Waals surface area contributed by atoms with Crippen molar-refractivity contribution in [3.05, 3.63) is 76.1 Å². The van der Waals surface area contributed by atoms with E-state index in [1.807, 2.05) is 31.2 Å². The number of amides is 1. The monoisotopic (exact) mass is 431 g/mol. The summed E-state index contributed by atoms with van der Waals surface area (Å²) in [6.45, 7) is 5.78. The fourth-order valence-electron chi connectivity index (χ4n) is 2.89. The minimum Gasteiger partial charge on any atom is -0.322 e. The highest BCUT2D eigenvalue weighted by Gasteiger charge is 2.21. The van der Waals surface area contributed by atoms with Crippen LogP contribution in [-0.4, -0.2) is 29.9 Å². The Bertz CT molecular complexity index is 1140. The lowest BCUT2D eigenvalue weighted by Gasteiger charge is -2.07. The molecule has 0 radical (unpaired) electrons. The van der Waals surface area contributed by atoms with Gasteiger partial charge in [-0.1, -0.05) is 48.4 Å². The number of halogens is 1. The molecule has 3 aromatic rings. The highest BCUT2D eigenvalue weighted by molar-refractivity contribution is 7.91. The number of nitrogens with one attached hydrogen (secondary N) is 1. The lowest BCUT2D eigenvalue weighted by atomic mass is 10.1. The van der Waals surface area contributed by atoms with Gasteiger partial charge in [0.1, 0.15) is 5.15 Å². The van der Waals surface area contributed by atoms with Gasteiger partial charge in [-0.25, -0.2) is 13.1 Å². The molecule has 0 aliphatic heterocycles. The highest BCUT2D eigenvalue weighted by Crippen LogP contribution is 2.23. The lowest BCUT2D eigenvalue weighted by Crippen LogP contribution is -2.13. The molecule has 2 aromatic carbocycles. The molecular weight excluding hydrogens is 410 g/mol. The second-order valence-corrected chi connectivity index (χ2v) is 9.41. The predicted octanol–water partition coefficient (Wildman–Crippen LogP) is 4.25. The Kier molecular flexibility index (Phi) is 6.10. The number of aromatic nitrogens is 2. The molecule has 1 aromatic heterocycles. The maximum absolute atomic E-state index is 12.7. The summed E-state index contributed by atoms with van der Waals surface area (Å²) < 4.78 is 25.4. The summed E-state index contributed by atoms with van der Waals surface area (Å²) in [5.74, 6) is -0.373. The van der Waals surface area contributed by atoms with E-state index in [1.54, 1.807) is 30.7 Å². The standard InChI is InChI=1S/C21H22ClN3O3S/c1-4-29(27,28)18-11-9-17(10-12-18)23-21(26)19-15(3)24-25(20(19)22)13-16-7-5-14(2)6-8-16/h5-12H,4,13H2,1-3H3,(H,23,26). The zero-order valence-corrected chi connectivity index (χ0v) is 18.0. The van der Waals surface area contributed by atoms with E-state index in [4.69, 9.17) is 11.6 Å². The number of carbonyl (C=O) groups is 1. The van der Waals surface area contributed by atoms with E-state index in [9.17, 15) is 13.2 Å². The van der Waals surface area contributed by atoms with Gasteiger partial charge in [-0.15, -0.1) is 0 Å². The molecular formula is C21H22ClN3O3S. The van der Waals surface area contributed by atoms with Gasteiger partial charge in [0.05, 0.1) is 28.5 Å². The molecule has 0 atom stereocenters. The van der Waals surface area contributed by atoms with Crippen LogP contribution in [0.15, 0.2) is 53.4 Å². The lowest BCUT2D eigenvalue weighted by molar-refractivity contribution is 0.102. The van der Waals surface area contributed by atoms with Crippen molar-refractivity contribution in [3.8, 4) is 0 Å². The van der Waals surface area contributed by atoms with Crippen LogP contribution in [0.1, 0.15) is 34.1 Å². The van der Waals surface area contributed by atoms with E-state index >= 15 is 0 Å². The number of nitrogens with zero attached hydrogens (tertiary/aromatic N) is 2. The fourth-order valence-corrected chi connectivity index (χ4v) is 4.09. The first kappa shape index (κ1) is 21.1. The predicted molar refractivity (Wildman–Crippen MR) is 114 cm³/mol. The molecule has 152 valence electrons. The van der Waals surface area contributed by atoms with Crippen LogP contribution in [-0.2, 0) is 16.4 Å². The van der Waals surface area contributed by atoms with Gasteiger partial charge in [-0.05, 0) is 43.7 Å². The topological polar surface area (TPSA) is 81.1 Å². The molecule has 1 heterocycles. The average Bonchev–Trinajstić information content (AvgIpc) is 2.97. The Morgan fingerprint density at radius 1 is 1.07 bits per heavy atom. The first-order valence-corrected chi connectivity index (χ1v) is 11.2. The minimum absolute atomic E-state index is 0.0215. The first-order chi connectivity index (χ1) is 13.7. The number of carbonyl (C=O) groups excluding carboxylic acids is 1. The molecule has 1 N–H and O–H groups in total. The molecule has 29 heavy (non-hydrogen) atoms. The van der Waals surface area contributed by atoms with Gasteiger partial charge in [-0.2, -0.15) is 5.10 Å². The van der Waals surface area contributed by atoms with Gasteiger partial charge in [0.25, 0.3) is 5.91 Å². The van der Waals surface area contributed by atoms with E-state index in [0.29, 0.717) is 23.5 Å². The number of benzene rings is 2. The van der Waals surface area contributed by atoms with Gasteiger partial charge >= 0.3 is 0 Å². The minimum atomic E-state index is -3.29. The molecule has 0 saturated carbocycles. The summed E-state index contributed by atoms with van der Waals surface area (Å²) in [5, 5.41) is 7.40. The smallest absolute Gasteiger partial charge is 0.260 e. The fraction of sp³-hybridized carbons (Fsp3) is 0.238. The number of rotatable bonds is 6. The van der Waals surface area contributed by atoms with Gasteiger partial charge in [0.15, 0.2) is 9.84 Å². The van der Waals surface area contributed by atoms with Crippen molar-refractivity contribution in [1.29, 1.82) is 0 Å². The highest BCUT2D eigenvalue weighted by atomic mass is 35.5. The summed E-state index contributed by atoms with van der Waals surface area (Å²) in [6.07, 6.45) is 0. The molecule has 0 fully saturated rings. The third-order valence-electron chi connectivity index (χ3n) is 4.60. The Morgan fingerprint density at radius 2 is 1.69 bits per heavy atom. The third kappa shape index (κ3) is 4.68. The summed E-state index contributed by atoms with van der Waals surface area (Å²) >= 11 is 6.44. The van der Waals surface area contributed by atoms with Gasteiger partial charge in [-0.3, -0.25) is 4.79 Å². The maximum atomic E-state index is 12.7. The molecule has 8 heteroatoms. The number of aryl methyl sites for hydroxylation is 2. The molecule has 6 nitrogen and oxygen atoms in total. The van der Waals surface area contributed by atoms with Gasteiger partial charge < -0.3 is 5.32 Å². The largest absolute Gasteiger partial charge is 0.322 e. The molecule has 0 aliphatic rings. The van der Waals surface area contributed by atoms with E-state index < -0.39 is 15.7 Å². The van der Waals surface area contributed by atoms with Crippen LogP contribution in [0.25, 0.3) is 0 Å². The van der Waals surface area contributed by atoms with Crippen molar-refractivity contribution in [2.24, 2.45) is 0 Å². The zero-order valence-electron chi connectivity index (χ0n) is 16.4. The van der Waals surface area contributed by atoms with Crippen LogP contribution in [0.4, 0.5) is 5.69 Å². The molecule has 0 spiro atoms. The summed E-state index contributed by atoms with van der Waals surface area (Å²) in [5.41, 5.74) is 3.48. The third-order valence-corrected chi connectivity index (χ3v) is 6.73. The quantitative estimate of drug-likeness (QED) is 0.632.